The highest BCUT2D eigenvalue weighted by molar-refractivity contribution is 7.21. The lowest BCUT2D eigenvalue weighted by Gasteiger charge is -2.10. The number of halogens is 1. The van der Waals surface area contributed by atoms with Crippen LogP contribution in [0.2, 0.25) is 5.02 Å². The molecule has 4 heteroatoms. The Hall–Kier alpha value is -1.06. The molecule has 3 rings (SSSR count). The molecule has 1 saturated carbocycles. The first-order valence-corrected chi connectivity index (χ1v) is 7.84. The fraction of sp³-hybridized carbons (Fsp3) is 0.400. The molecule has 19 heavy (non-hydrogen) atoms. The molecule has 0 saturated heterocycles. The van der Waals surface area contributed by atoms with Gasteiger partial charge in [0.25, 0.3) is 5.91 Å². The van der Waals surface area contributed by atoms with Crippen LogP contribution in [0.1, 0.15) is 40.9 Å². The molecule has 1 aromatic heterocycles. The predicted molar refractivity (Wildman–Crippen MR) is 81.3 cm³/mol. The lowest BCUT2D eigenvalue weighted by molar-refractivity contribution is 0.0942. The van der Waals surface area contributed by atoms with E-state index in [2.05, 4.69) is 11.4 Å². The molecule has 2 nitrogen and oxygen atoms in total. The van der Waals surface area contributed by atoms with Gasteiger partial charge in [0, 0.05) is 16.1 Å². The van der Waals surface area contributed by atoms with Crippen LogP contribution in [0.15, 0.2) is 18.2 Å². The summed E-state index contributed by atoms with van der Waals surface area (Å²) in [4.78, 5) is 12.9. The Morgan fingerprint density at radius 2 is 2.11 bits per heavy atom. The molecular weight excluding hydrogens is 278 g/mol. The minimum absolute atomic E-state index is 0.0178. The van der Waals surface area contributed by atoms with Crippen LogP contribution < -0.4 is 5.32 Å². The average molecular weight is 294 g/mol. The summed E-state index contributed by atoms with van der Waals surface area (Å²) in [6.07, 6.45) is 4.61. The monoisotopic (exact) mass is 293 g/mol. The van der Waals surface area contributed by atoms with Gasteiger partial charge in [-0.1, -0.05) is 36.6 Å². The van der Waals surface area contributed by atoms with Gasteiger partial charge in [0.05, 0.1) is 5.02 Å². The molecule has 1 aromatic carbocycles. The van der Waals surface area contributed by atoms with E-state index in [0.717, 1.165) is 22.9 Å². The zero-order valence-electron chi connectivity index (χ0n) is 10.8. The van der Waals surface area contributed by atoms with Gasteiger partial charge in [-0.3, -0.25) is 4.79 Å². The molecule has 1 aliphatic rings. The van der Waals surface area contributed by atoms with Gasteiger partial charge in [-0.15, -0.1) is 11.3 Å². The van der Waals surface area contributed by atoms with Crippen molar-refractivity contribution in [1.82, 2.24) is 5.32 Å². The summed E-state index contributed by atoms with van der Waals surface area (Å²) in [7, 11) is 0. The number of hydrogen-bond donors (Lipinski definition) is 1. The van der Waals surface area contributed by atoms with Gasteiger partial charge in [-0.25, -0.2) is 0 Å². The third-order valence-corrected chi connectivity index (χ3v) is 5.34. The molecule has 0 bridgehead atoms. The molecule has 2 aromatic rings. The molecule has 1 amide bonds. The number of hydrogen-bond acceptors (Lipinski definition) is 2. The van der Waals surface area contributed by atoms with Crippen LogP contribution in [-0.4, -0.2) is 11.9 Å². The highest BCUT2D eigenvalue weighted by Crippen LogP contribution is 2.36. The van der Waals surface area contributed by atoms with E-state index in [1.807, 2.05) is 19.1 Å². The summed E-state index contributed by atoms with van der Waals surface area (Å²) in [5.74, 6) is -0.0178. The number of carbonyl (C=O) groups is 1. The van der Waals surface area contributed by atoms with Crippen LogP contribution in [0.25, 0.3) is 10.1 Å². The van der Waals surface area contributed by atoms with E-state index < -0.39 is 0 Å². The van der Waals surface area contributed by atoms with Crippen LogP contribution in [0.3, 0.4) is 0 Å². The predicted octanol–water partition coefficient (Wildman–Crippen LogP) is 4.54. The topological polar surface area (TPSA) is 29.1 Å². The third kappa shape index (κ3) is 2.49. The van der Waals surface area contributed by atoms with Crippen LogP contribution in [-0.2, 0) is 0 Å². The SMILES string of the molecule is Cc1ccc2c(Cl)c(C(=O)NC3CCCC3)sc2c1. The molecule has 0 atom stereocenters. The zero-order valence-corrected chi connectivity index (χ0v) is 12.4. The number of fused-ring (bicyclic) bond motifs is 1. The second kappa shape index (κ2) is 5.14. The van der Waals surface area contributed by atoms with E-state index in [1.54, 1.807) is 0 Å². The second-order valence-electron chi connectivity index (χ2n) is 5.20. The molecule has 1 heterocycles. The smallest absolute Gasteiger partial charge is 0.263 e. The zero-order chi connectivity index (χ0) is 13.4. The molecule has 1 aliphatic carbocycles. The van der Waals surface area contributed by atoms with Gasteiger partial charge in [-0.05, 0) is 31.4 Å². The number of benzene rings is 1. The lowest BCUT2D eigenvalue weighted by Crippen LogP contribution is -2.32. The molecule has 1 fully saturated rings. The fourth-order valence-electron chi connectivity index (χ4n) is 2.64. The highest BCUT2D eigenvalue weighted by Gasteiger charge is 2.22. The van der Waals surface area contributed by atoms with Crippen molar-refractivity contribution in [1.29, 1.82) is 0 Å². The van der Waals surface area contributed by atoms with E-state index in [4.69, 9.17) is 11.6 Å². The number of amides is 1. The number of nitrogens with one attached hydrogen (secondary N) is 1. The Bertz CT molecular complexity index is 628. The van der Waals surface area contributed by atoms with Crippen LogP contribution >= 0.6 is 22.9 Å². The number of aryl methyl sites for hydroxylation is 1. The first-order valence-electron chi connectivity index (χ1n) is 6.64. The van der Waals surface area contributed by atoms with Gasteiger partial charge in [-0.2, -0.15) is 0 Å². The van der Waals surface area contributed by atoms with Crippen LogP contribution in [0.4, 0.5) is 0 Å². The van der Waals surface area contributed by atoms with Crippen molar-refractivity contribution in [2.24, 2.45) is 0 Å². The quantitative estimate of drug-likeness (QED) is 0.865. The fourth-order valence-corrected chi connectivity index (χ4v) is 4.16. The normalized spacial score (nSPS) is 16.1. The number of thiophene rings is 1. The summed E-state index contributed by atoms with van der Waals surface area (Å²) in [5.41, 5.74) is 1.19. The van der Waals surface area contributed by atoms with Gasteiger partial charge < -0.3 is 5.32 Å². The van der Waals surface area contributed by atoms with Crippen molar-refractivity contribution >= 4 is 38.9 Å². The minimum atomic E-state index is -0.0178. The van der Waals surface area contributed by atoms with Crippen LogP contribution in [0, 0.1) is 6.92 Å². The van der Waals surface area contributed by atoms with Gasteiger partial charge in [0.1, 0.15) is 4.88 Å². The maximum absolute atomic E-state index is 12.3. The van der Waals surface area contributed by atoms with E-state index >= 15 is 0 Å². The van der Waals surface area contributed by atoms with Crippen molar-refractivity contribution in [3.05, 3.63) is 33.7 Å². The van der Waals surface area contributed by atoms with Crippen molar-refractivity contribution in [2.45, 2.75) is 38.6 Å². The maximum Gasteiger partial charge on any atom is 0.263 e. The molecule has 100 valence electrons. The Kier molecular flexibility index (Phi) is 3.50. The molecule has 0 radical (unpaired) electrons. The summed E-state index contributed by atoms with van der Waals surface area (Å²) in [5, 5.41) is 4.67. The first-order chi connectivity index (χ1) is 9.15. The van der Waals surface area contributed by atoms with E-state index in [9.17, 15) is 4.79 Å². The Morgan fingerprint density at radius 1 is 1.37 bits per heavy atom. The molecule has 1 N–H and O–H groups in total. The summed E-state index contributed by atoms with van der Waals surface area (Å²) in [6, 6.07) is 6.43. The number of rotatable bonds is 2. The highest BCUT2D eigenvalue weighted by atomic mass is 35.5. The van der Waals surface area contributed by atoms with Crippen molar-refractivity contribution in [3.8, 4) is 0 Å². The van der Waals surface area contributed by atoms with E-state index in [-0.39, 0.29) is 5.91 Å². The van der Waals surface area contributed by atoms with Gasteiger partial charge in [0.2, 0.25) is 0 Å². The third-order valence-electron chi connectivity index (χ3n) is 3.68. The lowest BCUT2D eigenvalue weighted by atomic mass is 10.2. The standard InChI is InChI=1S/C15H16ClNOS/c1-9-6-7-11-12(8-9)19-14(13(11)16)15(18)17-10-4-2-3-5-10/h6-8,10H,2-5H2,1H3,(H,17,18). The molecule has 0 spiro atoms. The molecule has 0 unspecified atom stereocenters. The van der Waals surface area contributed by atoms with Crippen molar-refractivity contribution < 1.29 is 4.79 Å². The minimum Gasteiger partial charge on any atom is -0.349 e. The summed E-state index contributed by atoms with van der Waals surface area (Å²) in [6.45, 7) is 2.05. The Labute approximate surface area is 121 Å². The van der Waals surface area contributed by atoms with Gasteiger partial charge >= 0.3 is 0 Å². The summed E-state index contributed by atoms with van der Waals surface area (Å²) >= 11 is 7.82. The van der Waals surface area contributed by atoms with Crippen molar-refractivity contribution in [3.63, 3.8) is 0 Å². The van der Waals surface area contributed by atoms with Crippen LogP contribution in [0.5, 0.6) is 0 Å². The van der Waals surface area contributed by atoms with E-state index in [1.165, 1.54) is 29.7 Å². The first kappa shape index (κ1) is 12.9. The van der Waals surface area contributed by atoms with E-state index in [0.29, 0.717) is 15.9 Å². The molecule has 0 aliphatic heterocycles. The Morgan fingerprint density at radius 3 is 2.84 bits per heavy atom. The largest absolute Gasteiger partial charge is 0.349 e. The second-order valence-corrected chi connectivity index (χ2v) is 6.63. The Balaban J connectivity index is 1.91. The number of carbonyl (C=O) groups excluding carboxylic acids is 1. The molecular formula is C15H16ClNOS. The summed E-state index contributed by atoms with van der Waals surface area (Å²) < 4.78 is 1.08. The average Bonchev–Trinajstić information content (AvgIpc) is 2.97. The maximum atomic E-state index is 12.3. The van der Waals surface area contributed by atoms with Gasteiger partial charge in [0.15, 0.2) is 0 Å². The van der Waals surface area contributed by atoms with Crippen molar-refractivity contribution in [2.75, 3.05) is 0 Å².